The number of nitrogens with zero attached hydrogens (tertiary/aromatic N) is 6. The second-order valence-electron chi connectivity index (χ2n) is 9.88. The summed E-state index contributed by atoms with van der Waals surface area (Å²) >= 11 is 0. The van der Waals surface area contributed by atoms with Crippen LogP contribution >= 0.6 is 0 Å². The minimum atomic E-state index is -0.131. The van der Waals surface area contributed by atoms with E-state index >= 15 is 0 Å². The van der Waals surface area contributed by atoms with Gasteiger partial charge < -0.3 is 9.72 Å². The molecule has 0 amide bonds. The van der Waals surface area contributed by atoms with Crippen molar-refractivity contribution in [2.45, 2.75) is 52.9 Å². The smallest absolute Gasteiger partial charge is 0.252 e. The lowest BCUT2D eigenvalue weighted by atomic mass is 10.0. The highest BCUT2D eigenvalue weighted by Crippen LogP contribution is 2.27. The molecule has 5 aromatic rings. The number of nitrogens with one attached hydrogen (secondary N) is 1. The minimum Gasteiger partial charge on any atom is -0.497 e. The summed E-state index contributed by atoms with van der Waals surface area (Å²) in [4.78, 5) is 22.9. The van der Waals surface area contributed by atoms with E-state index in [2.05, 4.69) is 57.2 Å². The van der Waals surface area contributed by atoms with Gasteiger partial charge >= 0.3 is 0 Å². The third-order valence-electron chi connectivity index (χ3n) is 7.19. The predicted octanol–water partition coefficient (Wildman–Crippen LogP) is 4.74. The number of methoxy groups -OCH3 is 1. The fourth-order valence-electron chi connectivity index (χ4n) is 4.93. The van der Waals surface area contributed by atoms with Crippen LogP contribution in [0.1, 0.15) is 53.0 Å². The van der Waals surface area contributed by atoms with Crippen molar-refractivity contribution in [1.82, 2.24) is 35.1 Å². The first-order valence-electron chi connectivity index (χ1n) is 13.1. The first-order valence-corrected chi connectivity index (χ1v) is 13.1. The molecule has 0 aliphatic rings. The van der Waals surface area contributed by atoms with Crippen LogP contribution in [0.25, 0.3) is 10.9 Å². The number of pyridine rings is 2. The van der Waals surface area contributed by atoms with Gasteiger partial charge in [0.05, 0.1) is 19.7 Å². The van der Waals surface area contributed by atoms with Crippen LogP contribution < -0.4 is 10.3 Å². The van der Waals surface area contributed by atoms with Crippen molar-refractivity contribution in [3.05, 3.63) is 111 Å². The maximum Gasteiger partial charge on any atom is 0.252 e. The van der Waals surface area contributed by atoms with Crippen LogP contribution in [0.3, 0.4) is 0 Å². The molecule has 0 unspecified atom stereocenters. The zero-order chi connectivity index (χ0) is 27.4. The van der Waals surface area contributed by atoms with E-state index in [0.717, 1.165) is 45.6 Å². The molecule has 1 N–H and O–H groups in total. The summed E-state index contributed by atoms with van der Waals surface area (Å²) in [5, 5.41) is 13.8. The molecule has 0 fully saturated rings. The number of aryl methyl sites for hydroxylation is 2. The van der Waals surface area contributed by atoms with Crippen LogP contribution in [-0.4, -0.2) is 42.2 Å². The summed E-state index contributed by atoms with van der Waals surface area (Å²) < 4.78 is 7.13. The van der Waals surface area contributed by atoms with Gasteiger partial charge in [0.25, 0.3) is 5.56 Å². The Bertz CT molecular complexity index is 1610. The fourth-order valence-corrected chi connectivity index (χ4v) is 4.93. The van der Waals surface area contributed by atoms with E-state index < -0.39 is 0 Å². The first-order chi connectivity index (χ1) is 18.9. The molecule has 2 aromatic carbocycles. The highest BCUT2D eigenvalue weighted by atomic mass is 16.5. The van der Waals surface area contributed by atoms with Crippen LogP contribution in [0.4, 0.5) is 0 Å². The maximum atomic E-state index is 13.2. The highest BCUT2D eigenvalue weighted by Gasteiger charge is 2.26. The Balaban J connectivity index is 1.50. The van der Waals surface area contributed by atoms with Crippen molar-refractivity contribution in [3.8, 4) is 5.75 Å². The van der Waals surface area contributed by atoms with Gasteiger partial charge in [-0.05, 0) is 94.7 Å². The second-order valence-corrected chi connectivity index (χ2v) is 9.88. The first kappa shape index (κ1) is 26.2. The van der Waals surface area contributed by atoms with Gasteiger partial charge in [0.15, 0.2) is 5.82 Å². The van der Waals surface area contributed by atoms with Crippen molar-refractivity contribution in [2.24, 2.45) is 0 Å². The Labute approximate surface area is 227 Å². The van der Waals surface area contributed by atoms with Gasteiger partial charge in [0, 0.05) is 36.6 Å². The lowest BCUT2D eigenvalue weighted by Gasteiger charge is -2.30. The van der Waals surface area contributed by atoms with Gasteiger partial charge in [-0.1, -0.05) is 25.1 Å². The molecule has 9 heteroatoms. The van der Waals surface area contributed by atoms with E-state index in [1.807, 2.05) is 59.4 Å². The van der Waals surface area contributed by atoms with Crippen molar-refractivity contribution >= 4 is 10.9 Å². The lowest BCUT2D eigenvalue weighted by molar-refractivity contribution is 0.161. The molecule has 9 nitrogen and oxygen atoms in total. The highest BCUT2D eigenvalue weighted by molar-refractivity contribution is 5.80. The third kappa shape index (κ3) is 5.88. The molecular formula is C30H33N7O2. The van der Waals surface area contributed by atoms with E-state index in [-0.39, 0.29) is 11.6 Å². The van der Waals surface area contributed by atoms with Crippen molar-refractivity contribution in [3.63, 3.8) is 0 Å². The number of ether oxygens (including phenoxy) is 1. The van der Waals surface area contributed by atoms with E-state index in [1.165, 1.54) is 5.56 Å². The molecule has 39 heavy (non-hydrogen) atoms. The molecule has 0 aliphatic carbocycles. The summed E-state index contributed by atoms with van der Waals surface area (Å²) in [7, 11) is 1.65. The molecule has 0 saturated carbocycles. The van der Waals surface area contributed by atoms with Crippen LogP contribution in [0.2, 0.25) is 0 Å². The Morgan fingerprint density at radius 3 is 2.54 bits per heavy atom. The molecule has 3 heterocycles. The number of hydrogen-bond donors (Lipinski definition) is 1. The lowest BCUT2D eigenvalue weighted by Crippen LogP contribution is -2.32. The Morgan fingerprint density at radius 2 is 1.82 bits per heavy atom. The average molecular weight is 524 g/mol. The third-order valence-corrected chi connectivity index (χ3v) is 7.19. The quantitative estimate of drug-likeness (QED) is 0.282. The Morgan fingerprint density at radius 1 is 1.03 bits per heavy atom. The standard InChI is InChI=1S/C30H33N7O2/c1-5-28(29-33-34-35-37(29)18-22-8-10-26(39-4)11-9-22)36(17-23-7-6-12-31-16-23)19-25-15-24-13-20(2)21(3)14-27(24)32-30(25)38/h6-16,28H,5,17-19H2,1-4H3,(H,32,38)/t28-/m0/s1. The number of benzene rings is 2. The molecule has 5 rings (SSSR count). The van der Waals surface area contributed by atoms with Gasteiger partial charge in [-0.25, -0.2) is 4.68 Å². The van der Waals surface area contributed by atoms with Gasteiger partial charge in [0.1, 0.15) is 5.75 Å². The van der Waals surface area contributed by atoms with Crippen molar-refractivity contribution < 1.29 is 4.74 Å². The minimum absolute atomic E-state index is 0.0883. The van der Waals surface area contributed by atoms with Gasteiger partial charge in [-0.2, -0.15) is 0 Å². The van der Waals surface area contributed by atoms with Crippen molar-refractivity contribution in [1.29, 1.82) is 0 Å². The number of hydrogen-bond acceptors (Lipinski definition) is 7. The number of aromatic nitrogens is 6. The van der Waals surface area contributed by atoms with Gasteiger partial charge in [-0.15, -0.1) is 5.10 Å². The molecule has 0 bridgehead atoms. The van der Waals surface area contributed by atoms with Crippen LogP contribution in [0.5, 0.6) is 5.75 Å². The molecule has 1 atom stereocenters. The van der Waals surface area contributed by atoms with Crippen molar-refractivity contribution in [2.75, 3.05) is 7.11 Å². The second kappa shape index (κ2) is 11.6. The number of aromatic amines is 1. The van der Waals surface area contributed by atoms with E-state index in [4.69, 9.17) is 4.74 Å². The summed E-state index contributed by atoms with van der Waals surface area (Å²) in [5.74, 6) is 1.55. The molecule has 3 aromatic heterocycles. The summed E-state index contributed by atoms with van der Waals surface area (Å²) in [6.07, 6.45) is 4.38. The Hall–Kier alpha value is -4.37. The van der Waals surface area contributed by atoms with Crippen LogP contribution in [0.15, 0.2) is 71.8 Å². The van der Waals surface area contributed by atoms with Gasteiger partial charge in [0.2, 0.25) is 0 Å². The largest absolute Gasteiger partial charge is 0.497 e. The predicted molar refractivity (Wildman–Crippen MR) is 150 cm³/mol. The number of tetrazole rings is 1. The topological polar surface area (TPSA) is 102 Å². The maximum absolute atomic E-state index is 13.2. The molecule has 0 saturated heterocycles. The number of H-pyrrole nitrogens is 1. The Kier molecular flexibility index (Phi) is 7.79. The normalized spacial score (nSPS) is 12.2. The van der Waals surface area contributed by atoms with Gasteiger partial charge in [-0.3, -0.25) is 14.7 Å². The monoisotopic (exact) mass is 523 g/mol. The van der Waals surface area contributed by atoms with Crippen LogP contribution in [0, 0.1) is 13.8 Å². The summed E-state index contributed by atoms with van der Waals surface area (Å²) in [6, 6.07) is 17.9. The molecular weight excluding hydrogens is 490 g/mol. The number of rotatable bonds is 10. The number of fused-ring (bicyclic) bond motifs is 1. The SMILES string of the molecule is CC[C@@H](c1nnnn1Cc1ccc(OC)cc1)N(Cc1cccnc1)Cc1cc2cc(C)c(C)cc2[nH]c1=O. The summed E-state index contributed by atoms with van der Waals surface area (Å²) in [6.45, 7) is 7.80. The van der Waals surface area contributed by atoms with E-state index in [9.17, 15) is 4.79 Å². The van der Waals surface area contributed by atoms with E-state index in [0.29, 0.717) is 25.2 Å². The average Bonchev–Trinajstić information content (AvgIpc) is 3.39. The van der Waals surface area contributed by atoms with Crippen LogP contribution in [-0.2, 0) is 19.6 Å². The fraction of sp³-hybridized carbons (Fsp3) is 0.300. The molecule has 0 aliphatic heterocycles. The molecule has 0 spiro atoms. The molecule has 200 valence electrons. The zero-order valence-corrected chi connectivity index (χ0v) is 22.8. The molecule has 0 radical (unpaired) electrons. The van der Waals surface area contributed by atoms with E-state index in [1.54, 1.807) is 13.3 Å². The zero-order valence-electron chi connectivity index (χ0n) is 22.8. The summed E-state index contributed by atoms with van der Waals surface area (Å²) in [5.41, 5.74) is 5.91.